The molecule has 2 aromatic carbocycles. The molecule has 1 saturated heterocycles. The van der Waals surface area contributed by atoms with E-state index in [2.05, 4.69) is 10.4 Å². The predicted molar refractivity (Wildman–Crippen MR) is 112 cm³/mol. The third-order valence-corrected chi connectivity index (χ3v) is 7.71. The summed E-state index contributed by atoms with van der Waals surface area (Å²) in [4.78, 5) is 0. The molecular formula is C21H20F4N4O3S. The molecule has 2 fully saturated rings. The highest BCUT2D eigenvalue weighted by Crippen LogP contribution is 2.44. The Morgan fingerprint density at radius 3 is 2.21 bits per heavy atom. The number of rotatable bonds is 5. The SMILES string of the molecule is O=S(=O)(N1CCC(O)CC1)n1nc(C2CC2)c2c(F)c(Nc3cc(F)c(F)c(F)c3)ccc21. The maximum absolute atomic E-state index is 15.6. The Labute approximate surface area is 186 Å². The fourth-order valence-corrected chi connectivity index (χ4v) is 5.53. The second-order valence-electron chi connectivity index (χ2n) is 8.34. The van der Waals surface area contributed by atoms with Gasteiger partial charge in [0.2, 0.25) is 0 Å². The second kappa shape index (κ2) is 7.96. The average Bonchev–Trinajstić information content (AvgIpc) is 3.54. The van der Waals surface area contributed by atoms with Crippen molar-refractivity contribution in [2.75, 3.05) is 18.4 Å². The quantitative estimate of drug-likeness (QED) is 0.425. The van der Waals surface area contributed by atoms with Crippen molar-refractivity contribution in [2.24, 2.45) is 0 Å². The molecule has 1 aliphatic heterocycles. The Morgan fingerprint density at radius 2 is 1.61 bits per heavy atom. The Morgan fingerprint density at radius 1 is 0.970 bits per heavy atom. The molecule has 7 nitrogen and oxygen atoms in total. The molecule has 0 unspecified atom stereocenters. The van der Waals surface area contributed by atoms with Crippen LogP contribution in [0.25, 0.3) is 10.9 Å². The van der Waals surface area contributed by atoms with Crippen molar-refractivity contribution in [3.8, 4) is 0 Å². The molecule has 5 rings (SSSR count). The standard InChI is InChI=1S/C21H20F4N4O3S/c22-14-9-12(10-15(23)19(14)24)26-16-3-4-17-18(20(16)25)21(11-1-2-11)27-29(17)33(31,32)28-7-5-13(30)6-8-28/h3-4,9-11,13,26,30H,1-2,5-8H2. The minimum absolute atomic E-state index is 0.00572. The van der Waals surface area contributed by atoms with Crippen LogP contribution in [0.5, 0.6) is 0 Å². The maximum atomic E-state index is 15.6. The number of aliphatic hydroxyl groups is 1. The summed E-state index contributed by atoms with van der Waals surface area (Å²) in [5.74, 6) is -5.41. The molecule has 2 aliphatic rings. The van der Waals surface area contributed by atoms with E-state index in [9.17, 15) is 26.7 Å². The van der Waals surface area contributed by atoms with Crippen LogP contribution < -0.4 is 5.32 Å². The van der Waals surface area contributed by atoms with Gasteiger partial charge in [0.1, 0.15) is 0 Å². The molecule has 0 radical (unpaired) electrons. The van der Waals surface area contributed by atoms with Crippen LogP contribution in [0.4, 0.5) is 28.9 Å². The number of aliphatic hydroxyl groups excluding tert-OH is 1. The van der Waals surface area contributed by atoms with Crippen molar-refractivity contribution in [3.05, 3.63) is 53.2 Å². The lowest BCUT2D eigenvalue weighted by Crippen LogP contribution is -2.43. The zero-order valence-corrected chi connectivity index (χ0v) is 18.0. The molecule has 176 valence electrons. The first-order valence-corrected chi connectivity index (χ1v) is 11.9. The Balaban J connectivity index is 1.58. The number of anilines is 2. The molecule has 1 saturated carbocycles. The molecule has 3 aromatic rings. The summed E-state index contributed by atoms with van der Waals surface area (Å²) in [6, 6.07) is 4.00. The van der Waals surface area contributed by atoms with E-state index in [1.165, 1.54) is 16.4 Å². The molecule has 12 heteroatoms. The van der Waals surface area contributed by atoms with Gasteiger partial charge in [-0.3, -0.25) is 0 Å². The van der Waals surface area contributed by atoms with E-state index in [0.717, 1.165) is 16.9 Å². The van der Waals surface area contributed by atoms with Crippen molar-refractivity contribution in [2.45, 2.75) is 37.7 Å². The lowest BCUT2D eigenvalue weighted by Gasteiger charge is -2.28. The molecule has 0 atom stereocenters. The summed E-state index contributed by atoms with van der Waals surface area (Å²) in [6.07, 6.45) is 1.48. The molecule has 1 aromatic heterocycles. The summed E-state index contributed by atoms with van der Waals surface area (Å²) >= 11 is 0. The van der Waals surface area contributed by atoms with Crippen LogP contribution in [0.3, 0.4) is 0 Å². The van der Waals surface area contributed by atoms with Gasteiger partial charge in [0, 0.05) is 36.8 Å². The van der Waals surface area contributed by atoms with Gasteiger partial charge in [-0.05, 0) is 37.8 Å². The molecule has 33 heavy (non-hydrogen) atoms. The van der Waals surface area contributed by atoms with Crippen LogP contribution in [-0.4, -0.2) is 46.2 Å². The highest BCUT2D eigenvalue weighted by atomic mass is 32.2. The lowest BCUT2D eigenvalue weighted by atomic mass is 10.1. The normalized spacial score (nSPS) is 18.2. The first-order chi connectivity index (χ1) is 15.7. The summed E-state index contributed by atoms with van der Waals surface area (Å²) in [7, 11) is -4.10. The lowest BCUT2D eigenvalue weighted by molar-refractivity contribution is 0.112. The third kappa shape index (κ3) is 3.85. The number of fused-ring (bicyclic) bond motifs is 1. The fraction of sp³-hybridized carbons (Fsp3) is 0.381. The zero-order chi connectivity index (χ0) is 23.5. The number of hydrogen-bond acceptors (Lipinski definition) is 5. The van der Waals surface area contributed by atoms with Gasteiger partial charge >= 0.3 is 10.2 Å². The second-order valence-corrected chi connectivity index (χ2v) is 10.1. The van der Waals surface area contributed by atoms with Crippen molar-refractivity contribution in [1.82, 2.24) is 13.5 Å². The molecule has 0 bridgehead atoms. The summed E-state index contributed by atoms with van der Waals surface area (Å²) < 4.78 is 84.4. The molecule has 0 spiro atoms. The van der Waals surface area contributed by atoms with Crippen LogP contribution in [0.1, 0.15) is 37.3 Å². The van der Waals surface area contributed by atoms with E-state index >= 15 is 4.39 Å². The van der Waals surface area contributed by atoms with Crippen LogP contribution >= 0.6 is 0 Å². The van der Waals surface area contributed by atoms with Crippen molar-refractivity contribution in [3.63, 3.8) is 0 Å². The van der Waals surface area contributed by atoms with Crippen molar-refractivity contribution in [1.29, 1.82) is 0 Å². The minimum Gasteiger partial charge on any atom is -0.393 e. The van der Waals surface area contributed by atoms with E-state index in [4.69, 9.17) is 0 Å². The van der Waals surface area contributed by atoms with E-state index in [1.807, 2.05) is 0 Å². The van der Waals surface area contributed by atoms with Gasteiger partial charge in [0.15, 0.2) is 23.3 Å². The maximum Gasteiger partial charge on any atom is 0.323 e. The average molecular weight is 484 g/mol. The monoisotopic (exact) mass is 484 g/mol. The molecule has 2 N–H and O–H groups in total. The fourth-order valence-electron chi connectivity index (χ4n) is 4.05. The van der Waals surface area contributed by atoms with E-state index in [1.54, 1.807) is 0 Å². The number of halogens is 4. The van der Waals surface area contributed by atoms with Gasteiger partial charge < -0.3 is 10.4 Å². The van der Waals surface area contributed by atoms with Gasteiger partial charge in [-0.25, -0.2) is 17.6 Å². The Kier molecular flexibility index (Phi) is 5.33. The Hall–Kier alpha value is -2.70. The summed E-state index contributed by atoms with van der Waals surface area (Å²) in [6.45, 7) is 0.237. The number of aromatic nitrogens is 2. The summed E-state index contributed by atoms with van der Waals surface area (Å²) in [5.41, 5.74) is -0.0249. The zero-order valence-electron chi connectivity index (χ0n) is 17.2. The van der Waals surface area contributed by atoms with Gasteiger partial charge in [0.25, 0.3) is 0 Å². The Bertz CT molecular complexity index is 1330. The highest BCUT2D eigenvalue weighted by molar-refractivity contribution is 7.87. The molecule has 2 heterocycles. The van der Waals surface area contributed by atoms with Crippen molar-refractivity contribution < 1.29 is 31.1 Å². The first kappa shape index (κ1) is 22.1. The minimum atomic E-state index is -4.10. The van der Waals surface area contributed by atoms with Gasteiger partial charge in [-0.1, -0.05) is 0 Å². The van der Waals surface area contributed by atoms with Crippen LogP contribution in [0, 0.1) is 23.3 Å². The van der Waals surface area contributed by atoms with Gasteiger partial charge in [-0.2, -0.15) is 17.8 Å². The highest BCUT2D eigenvalue weighted by Gasteiger charge is 2.36. The molecule has 0 amide bonds. The number of benzene rings is 2. The smallest absolute Gasteiger partial charge is 0.323 e. The number of hydrogen-bond donors (Lipinski definition) is 2. The number of piperidine rings is 1. The van der Waals surface area contributed by atoms with Gasteiger partial charge in [0.05, 0.1) is 28.4 Å². The van der Waals surface area contributed by atoms with Crippen LogP contribution in [-0.2, 0) is 10.2 Å². The number of nitrogens with one attached hydrogen (secondary N) is 1. The summed E-state index contributed by atoms with van der Waals surface area (Å²) in [5, 5.41) is 16.5. The largest absolute Gasteiger partial charge is 0.393 e. The van der Waals surface area contributed by atoms with Crippen molar-refractivity contribution >= 4 is 32.5 Å². The van der Waals surface area contributed by atoms with Gasteiger partial charge in [-0.15, -0.1) is 4.09 Å². The molecule has 1 aliphatic carbocycles. The predicted octanol–water partition coefficient (Wildman–Crippen LogP) is 3.76. The van der Waals surface area contributed by atoms with Crippen LogP contribution in [0.2, 0.25) is 0 Å². The third-order valence-electron chi connectivity index (χ3n) is 5.98. The van der Waals surface area contributed by atoms with E-state index < -0.39 is 39.6 Å². The van der Waals surface area contributed by atoms with Crippen LogP contribution in [0.15, 0.2) is 24.3 Å². The van der Waals surface area contributed by atoms with E-state index in [-0.39, 0.29) is 41.3 Å². The number of nitrogens with zero attached hydrogens (tertiary/aromatic N) is 3. The first-order valence-electron chi connectivity index (χ1n) is 10.5. The topological polar surface area (TPSA) is 87.5 Å². The van der Waals surface area contributed by atoms with E-state index in [0.29, 0.717) is 30.7 Å². The molecular weight excluding hydrogens is 464 g/mol.